The molecule has 1 N–H and O–H groups in total. The molecular weight excluding hydrogens is 210 g/mol. The van der Waals surface area contributed by atoms with Gasteiger partial charge in [-0.25, -0.2) is 0 Å². The van der Waals surface area contributed by atoms with Gasteiger partial charge in [-0.3, -0.25) is 0 Å². The maximum absolute atomic E-state index is 8.79. The second kappa shape index (κ2) is 5.38. The minimum atomic E-state index is 0.215. The van der Waals surface area contributed by atoms with E-state index in [0.717, 1.165) is 23.7 Å². The molecule has 1 aromatic carbocycles. The van der Waals surface area contributed by atoms with E-state index in [9.17, 15) is 0 Å². The van der Waals surface area contributed by atoms with Crippen LogP contribution in [0.3, 0.4) is 0 Å². The van der Waals surface area contributed by atoms with Gasteiger partial charge in [0.05, 0.1) is 10.7 Å². The summed E-state index contributed by atoms with van der Waals surface area (Å²) in [5.41, 5.74) is 3.42. The lowest BCUT2D eigenvalue weighted by atomic mass is 10.1. The van der Waals surface area contributed by atoms with Crippen molar-refractivity contribution in [2.24, 2.45) is 0 Å². The van der Waals surface area contributed by atoms with Gasteiger partial charge in [-0.2, -0.15) is 0 Å². The van der Waals surface area contributed by atoms with E-state index in [0.29, 0.717) is 0 Å². The molecule has 0 spiro atoms. The molecule has 1 rings (SSSR count). The van der Waals surface area contributed by atoms with E-state index in [1.54, 1.807) is 0 Å². The predicted molar refractivity (Wildman–Crippen MR) is 65.9 cm³/mol. The van der Waals surface area contributed by atoms with Crippen molar-refractivity contribution in [1.82, 2.24) is 0 Å². The van der Waals surface area contributed by atoms with Crippen LogP contribution < -0.4 is 4.90 Å². The second-order valence-electron chi connectivity index (χ2n) is 3.91. The summed E-state index contributed by atoms with van der Waals surface area (Å²) in [6.07, 6.45) is 0.764. The van der Waals surface area contributed by atoms with E-state index < -0.39 is 0 Å². The second-order valence-corrected chi connectivity index (χ2v) is 4.32. The van der Waals surface area contributed by atoms with E-state index >= 15 is 0 Å². The van der Waals surface area contributed by atoms with Crippen molar-refractivity contribution in [3.63, 3.8) is 0 Å². The maximum atomic E-state index is 8.79. The topological polar surface area (TPSA) is 23.5 Å². The Balaban J connectivity index is 2.92. The summed E-state index contributed by atoms with van der Waals surface area (Å²) in [6, 6.07) is 4.09. The van der Waals surface area contributed by atoms with Crippen molar-refractivity contribution in [3.8, 4) is 0 Å². The Labute approximate surface area is 96.5 Å². The molecule has 0 unspecified atom stereocenters. The highest BCUT2D eigenvalue weighted by molar-refractivity contribution is 6.33. The third-order valence-corrected chi connectivity index (χ3v) is 2.72. The van der Waals surface area contributed by atoms with Gasteiger partial charge in [0.25, 0.3) is 0 Å². The molecule has 0 atom stereocenters. The van der Waals surface area contributed by atoms with Crippen LogP contribution >= 0.6 is 11.6 Å². The van der Waals surface area contributed by atoms with Crippen LogP contribution in [0.5, 0.6) is 0 Å². The number of aryl methyl sites for hydroxylation is 2. The summed E-state index contributed by atoms with van der Waals surface area (Å²) in [4.78, 5) is 2.09. The van der Waals surface area contributed by atoms with Gasteiger partial charge in [0.2, 0.25) is 0 Å². The number of hydrogen-bond acceptors (Lipinski definition) is 2. The van der Waals surface area contributed by atoms with Crippen LogP contribution in [0.2, 0.25) is 5.02 Å². The van der Waals surface area contributed by atoms with E-state index in [1.807, 2.05) is 20.0 Å². The van der Waals surface area contributed by atoms with Gasteiger partial charge in [0.15, 0.2) is 0 Å². The molecule has 15 heavy (non-hydrogen) atoms. The number of anilines is 1. The molecule has 0 saturated heterocycles. The zero-order valence-corrected chi connectivity index (χ0v) is 10.3. The summed E-state index contributed by atoms with van der Waals surface area (Å²) >= 11 is 6.20. The number of aliphatic hydroxyl groups excluding tert-OH is 1. The van der Waals surface area contributed by atoms with Gasteiger partial charge in [-0.1, -0.05) is 17.7 Å². The summed E-state index contributed by atoms with van der Waals surface area (Å²) < 4.78 is 0. The summed E-state index contributed by atoms with van der Waals surface area (Å²) in [5, 5.41) is 9.57. The highest BCUT2D eigenvalue weighted by Crippen LogP contribution is 2.30. The van der Waals surface area contributed by atoms with Gasteiger partial charge in [-0.05, 0) is 37.5 Å². The van der Waals surface area contributed by atoms with Crippen molar-refractivity contribution in [1.29, 1.82) is 0 Å². The number of rotatable bonds is 4. The number of hydrogen-bond donors (Lipinski definition) is 1. The van der Waals surface area contributed by atoms with Gasteiger partial charge in [0, 0.05) is 20.2 Å². The van der Waals surface area contributed by atoms with E-state index in [1.165, 1.54) is 11.1 Å². The number of aliphatic hydroxyl groups is 1. The molecule has 0 bridgehead atoms. The number of benzene rings is 1. The average molecular weight is 228 g/mol. The van der Waals surface area contributed by atoms with Gasteiger partial charge in [0.1, 0.15) is 0 Å². The van der Waals surface area contributed by atoms with Crippen molar-refractivity contribution in [2.75, 3.05) is 25.1 Å². The predicted octanol–water partition coefficient (Wildman–Crippen LogP) is 2.78. The highest BCUT2D eigenvalue weighted by Gasteiger charge is 2.09. The average Bonchev–Trinajstić information content (AvgIpc) is 2.12. The maximum Gasteiger partial charge on any atom is 0.0644 e. The SMILES string of the molecule is Cc1cc(C)c(N(C)CCCO)c(Cl)c1. The van der Waals surface area contributed by atoms with Crippen LogP contribution in [0.25, 0.3) is 0 Å². The quantitative estimate of drug-likeness (QED) is 0.855. The molecule has 1 aromatic rings. The molecule has 0 heterocycles. The first kappa shape index (κ1) is 12.3. The summed E-state index contributed by atoms with van der Waals surface area (Å²) in [5.74, 6) is 0. The molecule has 3 heteroatoms. The largest absolute Gasteiger partial charge is 0.396 e. The van der Waals surface area contributed by atoms with Crippen molar-refractivity contribution < 1.29 is 5.11 Å². The van der Waals surface area contributed by atoms with Crippen LogP contribution in [0.1, 0.15) is 17.5 Å². The standard InChI is InChI=1S/C12H18ClNO/c1-9-7-10(2)12(11(13)8-9)14(3)5-4-6-15/h7-8,15H,4-6H2,1-3H3. The fourth-order valence-electron chi connectivity index (χ4n) is 1.81. The molecule has 84 valence electrons. The first-order valence-corrected chi connectivity index (χ1v) is 5.52. The monoisotopic (exact) mass is 227 g/mol. The Morgan fingerprint density at radius 1 is 1.33 bits per heavy atom. The summed E-state index contributed by atoms with van der Waals surface area (Å²) in [6.45, 7) is 5.13. The fraction of sp³-hybridized carbons (Fsp3) is 0.500. The Morgan fingerprint density at radius 3 is 2.53 bits per heavy atom. The molecule has 0 saturated carbocycles. The van der Waals surface area contributed by atoms with Gasteiger partial charge >= 0.3 is 0 Å². The molecule has 2 nitrogen and oxygen atoms in total. The van der Waals surface area contributed by atoms with Crippen molar-refractivity contribution in [3.05, 3.63) is 28.3 Å². The van der Waals surface area contributed by atoms with E-state index in [2.05, 4.69) is 17.9 Å². The molecule has 0 aliphatic carbocycles. The van der Waals surface area contributed by atoms with Crippen LogP contribution in [0, 0.1) is 13.8 Å². The third-order valence-electron chi connectivity index (χ3n) is 2.43. The molecule has 0 aliphatic rings. The molecule has 0 aliphatic heterocycles. The first-order valence-electron chi connectivity index (χ1n) is 5.15. The number of halogens is 1. The molecular formula is C12H18ClNO. The number of nitrogens with zero attached hydrogens (tertiary/aromatic N) is 1. The Bertz CT molecular complexity index is 315. The van der Waals surface area contributed by atoms with Gasteiger partial charge in [-0.15, -0.1) is 0 Å². The van der Waals surface area contributed by atoms with Gasteiger partial charge < -0.3 is 10.0 Å². The fourth-order valence-corrected chi connectivity index (χ4v) is 2.28. The van der Waals surface area contributed by atoms with Crippen molar-refractivity contribution in [2.45, 2.75) is 20.3 Å². The van der Waals surface area contributed by atoms with Crippen LogP contribution in [-0.2, 0) is 0 Å². The first-order chi connectivity index (χ1) is 7.06. The molecule has 0 amide bonds. The Kier molecular flexibility index (Phi) is 4.43. The minimum absolute atomic E-state index is 0.215. The zero-order valence-electron chi connectivity index (χ0n) is 9.55. The normalized spacial score (nSPS) is 10.5. The van der Waals surface area contributed by atoms with E-state index in [4.69, 9.17) is 16.7 Å². The Morgan fingerprint density at radius 2 is 2.00 bits per heavy atom. The smallest absolute Gasteiger partial charge is 0.0644 e. The van der Waals surface area contributed by atoms with Crippen molar-refractivity contribution >= 4 is 17.3 Å². The lowest BCUT2D eigenvalue weighted by Gasteiger charge is -2.22. The minimum Gasteiger partial charge on any atom is -0.396 e. The zero-order chi connectivity index (χ0) is 11.4. The van der Waals surface area contributed by atoms with Crippen LogP contribution in [0.4, 0.5) is 5.69 Å². The van der Waals surface area contributed by atoms with Crippen LogP contribution in [-0.4, -0.2) is 25.3 Å². The lowest BCUT2D eigenvalue weighted by molar-refractivity contribution is 0.290. The highest BCUT2D eigenvalue weighted by atomic mass is 35.5. The Hall–Kier alpha value is -0.730. The third kappa shape index (κ3) is 3.11. The summed E-state index contributed by atoms with van der Waals surface area (Å²) in [7, 11) is 2.00. The lowest BCUT2D eigenvalue weighted by Crippen LogP contribution is -2.20. The van der Waals surface area contributed by atoms with Crippen LogP contribution in [0.15, 0.2) is 12.1 Å². The molecule has 0 radical (unpaired) electrons. The van der Waals surface area contributed by atoms with E-state index in [-0.39, 0.29) is 6.61 Å². The molecule has 0 aromatic heterocycles. The molecule has 0 fully saturated rings.